The predicted octanol–water partition coefficient (Wildman–Crippen LogP) is 3.17. The summed E-state index contributed by atoms with van der Waals surface area (Å²) in [5.41, 5.74) is 2.25. The molecule has 1 aromatic heterocycles. The van der Waals surface area contributed by atoms with E-state index in [0.717, 1.165) is 43.7 Å². The summed E-state index contributed by atoms with van der Waals surface area (Å²) in [6.45, 7) is 4.82. The highest BCUT2D eigenvalue weighted by molar-refractivity contribution is 5.79. The van der Waals surface area contributed by atoms with Crippen molar-refractivity contribution in [3.05, 3.63) is 66.0 Å². The Morgan fingerprint density at radius 2 is 1.88 bits per heavy atom. The lowest BCUT2D eigenvalue weighted by atomic mass is 9.95. The first-order valence-corrected chi connectivity index (χ1v) is 8.70. The predicted molar refractivity (Wildman–Crippen MR) is 95.2 cm³/mol. The molecule has 0 radical (unpaired) electrons. The number of hydrogen-bond acceptors (Lipinski definition) is 3. The van der Waals surface area contributed by atoms with Crippen LogP contribution < -0.4 is 5.32 Å². The second-order valence-corrected chi connectivity index (χ2v) is 6.51. The number of carbonyl (C=O) groups excluding carboxylic acids is 1. The van der Waals surface area contributed by atoms with E-state index in [0.29, 0.717) is 0 Å². The number of nitrogens with zero attached hydrogens (tertiary/aromatic N) is 2. The summed E-state index contributed by atoms with van der Waals surface area (Å²) in [5.74, 6) is 0.306. The minimum Gasteiger partial charge on any atom is -0.349 e. The number of pyridine rings is 1. The van der Waals surface area contributed by atoms with Crippen molar-refractivity contribution >= 4 is 5.91 Å². The number of likely N-dealkylation sites (tertiary alicyclic amines) is 1. The van der Waals surface area contributed by atoms with Gasteiger partial charge in [-0.3, -0.25) is 14.7 Å². The second-order valence-electron chi connectivity index (χ2n) is 6.51. The van der Waals surface area contributed by atoms with Crippen LogP contribution in [0.2, 0.25) is 0 Å². The van der Waals surface area contributed by atoms with Gasteiger partial charge in [-0.1, -0.05) is 36.4 Å². The quantitative estimate of drug-likeness (QED) is 0.919. The van der Waals surface area contributed by atoms with Crippen molar-refractivity contribution in [2.75, 3.05) is 13.1 Å². The zero-order valence-electron chi connectivity index (χ0n) is 14.2. The molecule has 24 heavy (non-hydrogen) atoms. The average molecular weight is 323 g/mol. The first-order chi connectivity index (χ1) is 11.7. The molecular weight excluding hydrogens is 298 g/mol. The van der Waals surface area contributed by atoms with Crippen LogP contribution in [0, 0.1) is 5.92 Å². The van der Waals surface area contributed by atoms with Gasteiger partial charge in [-0.15, -0.1) is 0 Å². The number of nitrogens with one attached hydrogen (secondary N) is 1. The van der Waals surface area contributed by atoms with Crippen LogP contribution >= 0.6 is 0 Å². The van der Waals surface area contributed by atoms with Crippen molar-refractivity contribution in [2.45, 2.75) is 32.4 Å². The maximum absolute atomic E-state index is 12.5. The fourth-order valence-corrected chi connectivity index (χ4v) is 3.23. The number of piperidine rings is 1. The normalized spacial score (nSPS) is 17.4. The van der Waals surface area contributed by atoms with Gasteiger partial charge in [0.25, 0.3) is 0 Å². The van der Waals surface area contributed by atoms with E-state index in [1.165, 1.54) is 0 Å². The fraction of sp³-hybridized carbons (Fsp3) is 0.400. The SMILES string of the molecule is C[C@H](NC(=O)C1CCN(Cc2ccccn2)CC1)c1ccccc1. The molecule has 1 aromatic carbocycles. The topological polar surface area (TPSA) is 45.2 Å². The molecule has 2 aromatic rings. The van der Waals surface area contributed by atoms with E-state index < -0.39 is 0 Å². The minimum atomic E-state index is 0.0604. The molecule has 1 aliphatic rings. The van der Waals surface area contributed by atoms with Gasteiger partial charge in [0.2, 0.25) is 5.91 Å². The first kappa shape index (κ1) is 16.7. The van der Waals surface area contributed by atoms with Crippen molar-refractivity contribution in [1.29, 1.82) is 0 Å². The molecular formula is C20H25N3O. The smallest absolute Gasteiger partial charge is 0.223 e. The fourth-order valence-electron chi connectivity index (χ4n) is 3.23. The van der Waals surface area contributed by atoms with Crippen molar-refractivity contribution in [2.24, 2.45) is 5.92 Å². The molecule has 4 nitrogen and oxygen atoms in total. The molecule has 0 spiro atoms. The third-order valence-electron chi connectivity index (χ3n) is 4.73. The summed E-state index contributed by atoms with van der Waals surface area (Å²) < 4.78 is 0. The minimum absolute atomic E-state index is 0.0604. The van der Waals surface area contributed by atoms with Gasteiger partial charge in [-0.05, 0) is 50.6 Å². The lowest BCUT2D eigenvalue weighted by molar-refractivity contribution is -0.127. The summed E-state index contributed by atoms with van der Waals surface area (Å²) in [5, 5.41) is 3.16. The second kappa shape index (κ2) is 8.06. The lowest BCUT2D eigenvalue weighted by Crippen LogP contribution is -2.41. The molecule has 0 aliphatic carbocycles. The van der Waals surface area contributed by atoms with Crippen LogP contribution in [0.1, 0.15) is 37.1 Å². The Morgan fingerprint density at radius 1 is 1.17 bits per heavy atom. The van der Waals surface area contributed by atoms with E-state index in [-0.39, 0.29) is 17.9 Å². The van der Waals surface area contributed by atoms with Crippen LogP contribution in [-0.4, -0.2) is 28.9 Å². The Bertz CT molecular complexity index is 636. The number of benzene rings is 1. The molecule has 0 unspecified atom stereocenters. The van der Waals surface area contributed by atoms with Crippen LogP contribution in [0.4, 0.5) is 0 Å². The van der Waals surface area contributed by atoms with Crippen LogP contribution in [0.15, 0.2) is 54.7 Å². The van der Waals surface area contributed by atoms with Crippen molar-refractivity contribution in [3.8, 4) is 0 Å². The number of aromatic nitrogens is 1. The van der Waals surface area contributed by atoms with Crippen molar-refractivity contribution < 1.29 is 4.79 Å². The van der Waals surface area contributed by atoms with Crippen molar-refractivity contribution in [1.82, 2.24) is 15.2 Å². The van der Waals surface area contributed by atoms with Gasteiger partial charge in [0, 0.05) is 18.7 Å². The van der Waals surface area contributed by atoms with Gasteiger partial charge in [0.05, 0.1) is 11.7 Å². The van der Waals surface area contributed by atoms with E-state index in [4.69, 9.17) is 0 Å². The summed E-state index contributed by atoms with van der Waals surface area (Å²) in [7, 11) is 0. The first-order valence-electron chi connectivity index (χ1n) is 8.70. The molecule has 0 bridgehead atoms. The van der Waals surface area contributed by atoms with E-state index in [1.807, 2.05) is 43.5 Å². The van der Waals surface area contributed by atoms with Gasteiger partial charge in [-0.25, -0.2) is 0 Å². The molecule has 1 amide bonds. The number of hydrogen-bond donors (Lipinski definition) is 1. The van der Waals surface area contributed by atoms with Gasteiger partial charge >= 0.3 is 0 Å². The Kier molecular flexibility index (Phi) is 5.59. The Hall–Kier alpha value is -2.20. The molecule has 3 rings (SSSR count). The van der Waals surface area contributed by atoms with Gasteiger partial charge in [0.15, 0.2) is 0 Å². The van der Waals surface area contributed by atoms with E-state index >= 15 is 0 Å². The van der Waals surface area contributed by atoms with Crippen LogP contribution in [-0.2, 0) is 11.3 Å². The summed E-state index contributed by atoms with van der Waals surface area (Å²) >= 11 is 0. The standard InChI is InChI=1S/C20H25N3O/c1-16(17-7-3-2-4-8-17)22-20(24)18-10-13-23(14-11-18)15-19-9-5-6-12-21-19/h2-9,12,16,18H,10-11,13-15H2,1H3,(H,22,24)/t16-/m0/s1. The van der Waals surface area contributed by atoms with Crippen LogP contribution in [0.25, 0.3) is 0 Å². The highest BCUT2D eigenvalue weighted by Crippen LogP contribution is 2.20. The molecule has 0 saturated carbocycles. The molecule has 126 valence electrons. The molecule has 1 atom stereocenters. The average Bonchev–Trinajstić information content (AvgIpc) is 2.64. The van der Waals surface area contributed by atoms with E-state index in [9.17, 15) is 4.79 Å². The lowest BCUT2D eigenvalue weighted by Gasteiger charge is -2.31. The van der Waals surface area contributed by atoms with Crippen LogP contribution in [0.3, 0.4) is 0 Å². The summed E-state index contributed by atoms with van der Waals surface area (Å²) in [4.78, 5) is 19.3. The molecule has 1 aliphatic heterocycles. The molecule has 1 saturated heterocycles. The number of rotatable bonds is 5. The summed E-state index contributed by atoms with van der Waals surface area (Å²) in [6.07, 6.45) is 3.67. The maximum Gasteiger partial charge on any atom is 0.223 e. The zero-order chi connectivity index (χ0) is 16.8. The Morgan fingerprint density at radius 3 is 2.54 bits per heavy atom. The van der Waals surface area contributed by atoms with Gasteiger partial charge in [0.1, 0.15) is 0 Å². The van der Waals surface area contributed by atoms with Gasteiger partial charge < -0.3 is 5.32 Å². The van der Waals surface area contributed by atoms with E-state index in [1.54, 1.807) is 0 Å². The molecule has 2 heterocycles. The highest BCUT2D eigenvalue weighted by atomic mass is 16.1. The Labute approximate surface area is 143 Å². The van der Waals surface area contributed by atoms with Gasteiger partial charge in [-0.2, -0.15) is 0 Å². The van der Waals surface area contributed by atoms with Crippen molar-refractivity contribution in [3.63, 3.8) is 0 Å². The van der Waals surface area contributed by atoms with E-state index in [2.05, 4.69) is 33.4 Å². The van der Waals surface area contributed by atoms with Crippen LogP contribution in [0.5, 0.6) is 0 Å². The zero-order valence-corrected chi connectivity index (χ0v) is 14.2. The maximum atomic E-state index is 12.5. The third-order valence-corrected chi connectivity index (χ3v) is 4.73. The molecule has 4 heteroatoms. The summed E-state index contributed by atoms with van der Waals surface area (Å²) in [6, 6.07) is 16.2. The highest BCUT2D eigenvalue weighted by Gasteiger charge is 2.26. The Balaban J connectivity index is 1.47. The number of carbonyl (C=O) groups is 1. The molecule has 1 fully saturated rings. The largest absolute Gasteiger partial charge is 0.349 e. The monoisotopic (exact) mass is 323 g/mol. The number of amides is 1. The molecule has 1 N–H and O–H groups in total. The third kappa shape index (κ3) is 4.42.